The highest BCUT2D eigenvalue weighted by atomic mass is 79.9. The molecule has 0 amide bonds. The van der Waals surface area contributed by atoms with E-state index in [1.807, 2.05) is 11.4 Å². The Morgan fingerprint density at radius 3 is 2.71 bits per heavy atom. The van der Waals surface area contributed by atoms with E-state index in [4.69, 9.17) is 0 Å². The summed E-state index contributed by atoms with van der Waals surface area (Å²) < 4.78 is 15.3. The highest BCUT2D eigenvalue weighted by Crippen LogP contribution is 2.28. The van der Waals surface area contributed by atoms with Crippen LogP contribution >= 0.6 is 43.2 Å². The van der Waals surface area contributed by atoms with E-state index in [2.05, 4.69) is 31.9 Å². The second kappa shape index (κ2) is 5.61. The molecule has 0 saturated carbocycles. The van der Waals surface area contributed by atoms with Crippen LogP contribution in [0, 0.1) is 5.82 Å². The van der Waals surface area contributed by atoms with Crippen molar-refractivity contribution in [1.82, 2.24) is 0 Å². The van der Waals surface area contributed by atoms with Gasteiger partial charge in [0, 0.05) is 10.9 Å². The van der Waals surface area contributed by atoms with Gasteiger partial charge >= 0.3 is 0 Å². The average molecular weight is 380 g/mol. The van der Waals surface area contributed by atoms with E-state index in [0.29, 0.717) is 5.56 Å². The highest BCUT2D eigenvalue weighted by Gasteiger charge is 2.13. The Morgan fingerprint density at radius 1 is 1.29 bits per heavy atom. The monoisotopic (exact) mass is 378 g/mol. The molecule has 17 heavy (non-hydrogen) atoms. The molecule has 1 atom stereocenters. The van der Waals surface area contributed by atoms with E-state index < -0.39 is 6.10 Å². The molecule has 0 aliphatic heterocycles. The summed E-state index contributed by atoms with van der Waals surface area (Å²) in [5.74, 6) is -0.290. The van der Waals surface area contributed by atoms with Gasteiger partial charge in [-0.05, 0) is 56.7 Å². The molecule has 1 unspecified atom stereocenters. The van der Waals surface area contributed by atoms with E-state index in [0.717, 1.165) is 13.8 Å². The molecule has 0 radical (unpaired) electrons. The lowest BCUT2D eigenvalue weighted by atomic mass is 10.0. The Morgan fingerprint density at radius 2 is 2.06 bits per heavy atom. The smallest absolute Gasteiger partial charge is 0.126 e. The summed E-state index contributed by atoms with van der Waals surface area (Å²) in [6, 6.07) is 6.59. The normalized spacial score (nSPS) is 12.7. The Bertz CT molecular complexity index is 527. The van der Waals surface area contributed by atoms with E-state index in [1.54, 1.807) is 12.1 Å². The molecule has 5 heteroatoms. The molecule has 1 N–H and O–H groups in total. The fraction of sp³-hybridized carbons (Fsp3) is 0.167. The molecule has 1 aromatic heterocycles. The maximum Gasteiger partial charge on any atom is 0.126 e. The van der Waals surface area contributed by atoms with Crippen LogP contribution < -0.4 is 0 Å². The minimum atomic E-state index is -0.679. The van der Waals surface area contributed by atoms with E-state index in [-0.39, 0.29) is 12.2 Å². The first-order chi connectivity index (χ1) is 8.06. The van der Waals surface area contributed by atoms with Crippen LogP contribution in [0.1, 0.15) is 17.2 Å². The fourth-order valence-corrected chi connectivity index (χ4v) is 3.16. The second-order valence-corrected chi connectivity index (χ2v) is 6.85. The Hall–Kier alpha value is -0.230. The molecule has 0 spiro atoms. The SMILES string of the molecule is OC(Cc1cc(Br)ccc1F)c1csc(Br)c1. The lowest BCUT2D eigenvalue weighted by Gasteiger charge is -2.10. The van der Waals surface area contributed by atoms with Crippen molar-refractivity contribution < 1.29 is 9.50 Å². The molecule has 0 aliphatic carbocycles. The van der Waals surface area contributed by atoms with E-state index in [1.165, 1.54) is 17.4 Å². The summed E-state index contributed by atoms with van der Waals surface area (Å²) in [7, 11) is 0. The van der Waals surface area contributed by atoms with Gasteiger partial charge in [-0.15, -0.1) is 11.3 Å². The zero-order chi connectivity index (χ0) is 12.4. The summed E-state index contributed by atoms with van der Waals surface area (Å²) in [6.07, 6.45) is -0.407. The molecule has 1 nitrogen and oxygen atoms in total. The van der Waals surface area contributed by atoms with Crippen LogP contribution in [0.3, 0.4) is 0 Å². The molecule has 0 saturated heterocycles. The van der Waals surface area contributed by atoms with Crippen molar-refractivity contribution in [2.75, 3.05) is 0 Å². The number of thiophene rings is 1. The van der Waals surface area contributed by atoms with Crippen molar-refractivity contribution in [3.05, 3.63) is 54.8 Å². The van der Waals surface area contributed by atoms with Gasteiger partial charge in [0.05, 0.1) is 9.89 Å². The van der Waals surface area contributed by atoms with Crippen molar-refractivity contribution in [3.63, 3.8) is 0 Å². The van der Waals surface area contributed by atoms with Crippen molar-refractivity contribution in [3.8, 4) is 0 Å². The molecular weight excluding hydrogens is 371 g/mol. The van der Waals surface area contributed by atoms with Crippen molar-refractivity contribution >= 4 is 43.2 Å². The average Bonchev–Trinajstić information content (AvgIpc) is 2.70. The number of aliphatic hydroxyl groups excluding tert-OH is 1. The van der Waals surface area contributed by atoms with Gasteiger partial charge in [0.25, 0.3) is 0 Å². The number of halogens is 3. The van der Waals surface area contributed by atoms with Crippen LogP contribution in [-0.4, -0.2) is 5.11 Å². The Balaban J connectivity index is 2.18. The first-order valence-electron chi connectivity index (χ1n) is 4.92. The van der Waals surface area contributed by atoms with Gasteiger partial charge in [-0.25, -0.2) is 4.39 Å². The molecule has 0 fully saturated rings. The van der Waals surface area contributed by atoms with Crippen molar-refractivity contribution in [2.45, 2.75) is 12.5 Å². The number of rotatable bonds is 3. The summed E-state index contributed by atoms with van der Waals surface area (Å²) in [6.45, 7) is 0. The summed E-state index contributed by atoms with van der Waals surface area (Å²) >= 11 is 8.13. The topological polar surface area (TPSA) is 20.2 Å². The maximum atomic E-state index is 13.5. The zero-order valence-electron chi connectivity index (χ0n) is 8.66. The summed E-state index contributed by atoms with van der Waals surface area (Å²) in [5.41, 5.74) is 1.32. The molecule has 0 bridgehead atoms. The lowest BCUT2D eigenvalue weighted by Crippen LogP contribution is -2.02. The molecular formula is C12H9Br2FOS. The largest absolute Gasteiger partial charge is 0.388 e. The molecule has 0 aliphatic rings. The van der Waals surface area contributed by atoms with E-state index in [9.17, 15) is 9.50 Å². The third-order valence-corrected chi connectivity index (χ3v) is 4.41. The number of hydrogen-bond donors (Lipinski definition) is 1. The first kappa shape index (κ1) is 13.2. The minimum Gasteiger partial charge on any atom is -0.388 e. The second-order valence-electron chi connectivity index (χ2n) is 3.64. The van der Waals surface area contributed by atoms with Gasteiger partial charge in [0.15, 0.2) is 0 Å². The van der Waals surface area contributed by atoms with Gasteiger partial charge in [0.2, 0.25) is 0 Å². The predicted molar refractivity (Wildman–Crippen MR) is 74.8 cm³/mol. The maximum absolute atomic E-state index is 13.5. The van der Waals surface area contributed by atoms with Gasteiger partial charge < -0.3 is 5.11 Å². The molecule has 2 aromatic rings. The molecule has 1 aromatic carbocycles. The first-order valence-corrected chi connectivity index (χ1v) is 7.39. The zero-order valence-corrected chi connectivity index (χ0v) is 12.6. The van der Waals surface area contributed by atoms with Crippen LogP contribution in [0.5, 0.6) is 0 Å². The van der Waals surface area contributed by atoms with Crippen LogP contribution in [0.4, 0.5) is 4.39 Å². The lowest BCUT2D eigenvalue weighted by molar-refractivity contribution is 0.177. The Kier molecular flexibility index (Phi) is 4.36. The predicted octanol–water partition coefficient (Wildman–Crippen LogP) is 4.69. The molecule has 1 heterocycles. The standard InChI is InChI=1S/C12H9Br2FOS/c13-9-1-2-10(15)7(3-9)4-11(16)8-5-12(14)17-6-8/h1-3,5-6,11,16H,4H2. The third-order valence-electron chi connectivity index (χ3n) is 2.39. The minimum absolute atomic E-state index is 0.272. The number of aliphatic hydroxyl groups is 1. The van der Waals surface area contributed by atoms with Crippen LogP contribution in [0.15, 0.2) is 37.9 Å². The van der Waals surface area contributed by atoms with Crippen LogP contribution in [-0.2, 0) is 6.42 Å². The van der Waals surface area contributed by atoms with Gasteiger partial charge in [-0.1, -0.05) is 15.9 Å². The third kappa shape index (κ3) is 3.37. The summed E-state index contributed by atoms with van der Waals surface area (Å²) in [5, 5.41) is 11.9. The van der Waals surface area contributed by atoms with Crippen LogP contribution in [0.2, 0.25) is 0 Å². The Labute approximate surface area is 120 Å². The molecule has 90 valence electrons. The molecule has 2 rings (SSSR count). The van der Waals surface area contributed by atoms with Crippen molar-refractivity contribution in [1.29, 1.82) is 0 Å². The fourth-order valence-electron chi connectivity index (χ4n) is 1.52. The van der Waals surface area contributed by atoms with Crippen LogP contribution in [0.25, 0.3) is 0 Å². The quantitative estimate of drug-likeness (QED) is 0.820. The highest BCUT2D eigenvalue weighted by molar-refractivity contribution is 9.11. The van der Waals surface area contributed by atoms with Crippen molar-refractivity contribution in [2.24, 2.45) is 0 Å². The number of benzene rings is 1. The summed E-state index contributed by atoms with van der Waals surface area (Å²) in [4.78, 5) is 0. The van der Waals surface area contributed by atoms with Gasteiger partial charge in [-0.2, -0.15) is 0 Å². The number of hydrogen-bond acceptors (Lipinski definition) is 2. The van der Waals surface area contributed by atoms with Gasteiger partial charge in [-0.3, -0.25) is 0 Å². The van der Waals surface area contributed by atoms with E-state index >= 15 is 0 Å². The van der Waals surface area contributed by atoms with Gasteiger partial charge in [0.1, 0.15) is 5.82 Å².